The summed E-state index contributed by atoms with van der Waals surface area (Å²) in [5.41, 5.74) is 3.12. The van der Waals surface area contributed by atoms with E-state index in [0.717, 1.165) is 16.5 Å². The van der Waals surface area contributed by atoms with Crippen LogP contribution >= 0.6 is 0 Å². The lowest BCUT2D eigenvalue weighted by Crippen LogP contribution is -2.35. The van der Waals surface area contributed by atoms with Crippen molar-refractivity contribution < 1.29 is 13.9 Å². The van der Waals surface area contributed by atoms with E-state index in [1.807, 2.05) is 13.0 Å². The third-order valence-electron chi connectivity index (χ3n) is 3.82. The minimum absolute atomic E-state index is 0.345. The van der Waals surface area contributed by atoms with Crippen LogP contribution in [0.2, 0.25) is 0 Å². The van der Waals surface area contributed by atoms with E-state index in [1.165, 1.54) is 11.9 Å². The fraction of sp³-hybridized carbons (Fsp3) is 0.375. The van der Waals surface area contributed by atoms with Crippen molar-refractivity contribution in [3.63, 3.8) is 0 Å². The molecule has 3 rings (SSSR count). The lowest BCUT2D eigenvalue weighted by molar-refractivity contribution is -0.236. The highest BCUT2D eigenvalue weighted by Gasteiger charge is 2.37. The van der Waals surface area contributed by atoms with Gasteiger partial charge in [-0.2, -0.15) is 5.10 Å². The molecule has 0 unspecified atom stereocenters. The Morgan fingerprint density at radius 2 is 1.95 bits per heavy atom. The number of furan rings is 1. The van der Waals surface area contributed by atoms with Crippen molar-refractivity contribution in [2.45, 2.75) is 26.2 Å². The number of hydrogen-bond acceptors (Lipinski definition) is 5. The van der Waals surface area contributed by atoms with E-state index in [0.29, 0.717) is 12.3 Å². The van der Waals surface area contributed by atoms with Crippen molar-refractivity contribution in [2.75, 3.05) is 14.2 Å². The number of aryl methyl sites for hydroxylation is 2. The molecule has 0 aliphatic heterocycles. The molecular formula is C16H19N3O3. The largest absolute Gasteiger partial charge is 0.455 e. The summed E-state index contributed by atoms with van der Waals surface area (Å²) >= 11 is 0. The average Bonchev–Trinajstić information content (AvgIpc) is 3.14. The van der Waals surface area contributed by atoms with E-state index in [9.17, 15) is 0 Å². The van der Waals surface area contributed by atoms with E-state index in [-0.39, 0.29) is 0 Å². The molecule has 6 nitrogen and oxygen atoms in total. The topological polar surface area (TPSA) is 62.3 Å². The van der Waals surface area contributed by atoms with Gasteiger partial charge < -0.3 is 13.9 Å². The number of rotatable bonds is 5. The molecule has 0 atom stereocenters. The van der Waals surface area contributed by atoms with Gasteiger partial charge >= 0.3 is 0 Å². The zero-order valence-corrected chi connectivity index (χ0v) is 13.2. The van der Waals surface area contributed by atoms with Crippen molar-refractivity contribution in [2.24, 2.45) is 0 Å². The van der Waals surface area contributed by atoms with Crippen molar-refractivity contribution in [3.05, 3.63) is 47.7 Å². The molecule has 0 fully saturated rings. The van der Waals surface area contributed by atoms with Gasteiger partial charge in [0.05, 0.1) is 0 Å². The first-order valence-electron chi connectivity index (χ1n) is 7.02. The number of fused-ring (bicyclic) bond motifs is 1. The molecule has 0 spiro atoms. The molecule has 116 valence electrons. The first-order valence-corrected chi connectivity index (χ1v) is 7.02. The monoisotopic (exact) mass is 301 g/mol. The van der Waals surface area contributed by atoms with Gasteiger partial charge in [-0.15, -0.1) is 0 Å². The Kier molecular flexibility index (Phi) is 3.72. The summed E-state index contributed by atoms with van der Waals surface area (Å²) in [5, 5.41) is 5.14. The summed E-state index contributed by atoms with van der Waals surface area (Å²) in [5.74, 6) is -0.440. The molecule has 0 amide bonds. The molecule has 0 radical (unpaired) electrons. The summed E-state index contributed by atoms with van der Waals surface area (Å²) in [4.78, 5) is 3.95. The number of methoxy groups -OCH3 is 2. The molecule has 2 heterocycles. The van der Waals surface area contributed by atoms with Crippen LogP contribution < -0.4 is 0 Å². The first kappa shape index (κ1) is 14.7. The van der Waals surface area contributed by atoms with Crippen molar-refractivity contribution in [1.29, 1.82) is 0 Å². The summed E-state index contributed by atoms with van der Waals surface area (Å²) in [6.07, 6.45) is 3.09. The number of hydrogen-bond donors (Lipinski definition) is 0. The second-order valence-corrected chi connectivity index (χ2v) is 5.37. The highest BCUT2D eigenvalue weighted by molar-refractivity contribution is 5.82. The highest BCUT2D eigenvalue weighted by atomic mass is 16.7. The Bertz CT molecular complexity index is 773. The summed E-state index contributed by atoms with van der Waals surface area (Å²) < 4.78 is 19.0. The van der Waals surface area contributed by atoms with Gasteiger partial charge in [0, 0.05) is 19.6 Å². The Morgan fingerprint density at radius 1 is 1.18 bits per heavy atom. The van der Waals surface area contributed by atoms with Gasteiger partial charge in [-0.3, -0.25) is 0 Å². The Hall–Kier alpha value is -2.18. The highest BCUT2D eigenvalue weighted by Crippen LogP contribution is 2.34. The van der Waals surface area contributed by atoms with Gasteiger partial charge in [0.1, 0.15) is 24.8 Å². The lowest BCUT2D eigenvalue weighted by atomic mass is 10.1. The lowest BCUT2D eigenvalue weighted by Gasteiger charge is -2.28. The standard InChI is InChI=1S/C16H19N3O3/c1-11-5-12(2)15-13(6-11)7-14(22-15)16(20-3,21-4)8-19-10-17-9-18-19/h5-7,9-10H,8H2,1-4H3. The molecule has 0 aliphatic rings. The third-order valence-corrected chi connectivity index (χ3v) is 3.82. The summed E-state index contributed by atoms with van der Waals surface area (Å²) in [7, 11) is 3.18. The maximum Gasteiger partial charge on any atom is 0.248 e. The molecule has 0 aliphatic carbocycles. The predicted molar refractivity (Wildman–Crippen MR) is 81.4 cm³/mol. The fourth-order valence-corrected chi connectivity index (χ4v) is 2.72. The molecule has 0 saturated heterocycles. The van der Waals surface area contributed by atoms with Crippen LogP contribution in [0.5, 0.6) is 0 Å². The van der Waals surface area contributed by atoms with Crippen molar-refractivity contribution >= 4 is 11.0 Å². The number of nitrogens with zero attached hydrogens (tertiary/aromatic N) is 3. The van der Waals surface area contributed by atoms with Gasteiger partial charge in [-0.05, 0) is 31.5 Å². The zero-order valence-electron chi connectivity index (χ0n) is 13.2. The number of benzene rings is 1. The summed E-state index contributed by atoms with van der Waals surface area (Å²) in [6.45, 7) is 4.44. The maximum atomic E-state index is 6.04. The van der Waals surface area contributed by atoms with E-state index in [4.69, 9.17) is 13.9 Å². The van der Waals surface area contributed by atoms with Gasteiger partial charge in [0.25, 0.3) is 0 Å². The minimum Gasteiger partial charge on any atom is -0.455 e. The smallest absolute Gasteiger partial charge is 0.248 e. The fourth-order valence-electron chi connectivity index (χ4n) is 2.72. The van der Waals surface area contributed by atoms with E-state index in [2.05, 4.69) is 29.1 Å². The van der Waals surface area contributed by atoms with Crippen LogP contribution in [0.15, 0.2) is 35.3 Å². The third kappa shape index (κ3) is 2.40. The Balaban J connectivity index is 2.10. The molecule has 0 N–H and O–H groups in total. The molecule has 2 aromatic heterocycles. The molecule has 6 heteroatoms. The van der Waals surface area contributed by atoms with Crippen LogP contribution in [0, 0.1) is 13.8 Å². The van der Waals surface area contributed by atoms with Crippen LogP contribution in [0.1, 0.15) is 16.9 Å². The van der Waals surface area contributed by atoms with E-state index < -0.39 is 5.79 Å². The van der Waals surface area contributed by atoms with Gasteiger partial charge in [-0.25, -0.2) is 9.67 Å². The SMILES string of the molecule is COC(Cn1cncn1)(OC)c1cc2cc(C)cc(C)c2o1. The molecule has 22 heavy (non-hydrogen) atoms. The molecule has 0 saturated carbocycles. The quantitative estimate of drug-likeness (QED) is 0.678. The zero-order chi connectivity index (χ0) is 15.7. The minimum atomic E-state index is -1.05. The molecule has 3 aromatic rings. The van der Waals surface area contributed by atoms with Gasteiger partial charge in [-0.1, -0.05) is 11.6 Å². The summed E-state index contributed by atoms with van der Waals surface area (Å²) in [6, 6.07) is 6.13. The number of aromatic nitrogens is 3. The van der Waals surface area contributed by atoms with Crippen LogP contribution in [-0.2, 0) is 21.8 Å². The average molecular weight is 301 g/mol. The molecular weight excluding hydrogens is 282 g/mol. The van der Waals surface area contributed by atoms with E-state index >= 15 is 0 Å². The predicted octanol–water partition coefficient (Wildman–Crippen LogP) is 2.79. The van der Waals surface area contributed by atoms with Gasteiger partial charge in [0.2, 0.25) is 5.79 Å². The van der Waals surface area contributed by atoms with E-state index in [1.54, 1.807) is 25.2 Å². The van der Waals surface area contributed by atoms with Crippen molar-refractivity contribution in [3.8, 4) is 0 Å². The maximum absolute atomic E-state index is 6.04. The second-order valence-electron chi connectivity index (χ2n) is 5.37. The van der Waals surface area contributed by atoms with Crippen LogP contribution in [0.25, 0.3) is 11.0 Å². The van der Waals surface area contributed by atoms with Crippen molar-refractivity contribution in [1.82, 2.24) is 14.8 Å². The molecule has 0 bridgehead atoms. The molecule has 1 aromatic carbocycles. The Morgan fingerprint density at radius 3 is 2.59 bits per heavy atom. The number of ether oxygens (including phenoxy) is 2. The second kappa shape index (κ2) is 5.55. The normalized spacial score (nSPS) is 12.2. The van der Waals surface area contributed by atoms with Crippen LogP contribution in [0.3, 0.4) is 0 Å². The van der Waals surface area contributed by atoms with Gasteiger partial charge in [0.15, 0.2) is 5.76 Å². The first-order chi connectivity index (χ1) is 10.6. The Labute approximate surface area is 128 Å². The van der Waals surface area contributed by atoms with Crippen LogP contribution in [0.4, 0.5) is 0 Å². The van der Waals surface area contributed by atoms with Crippen LogP contribution in [-0.4, -0.2) is 29.0 Å².